The van der Waals surface area contributed by atoms with Crippen LogP contribution in [-0.4, -0.2) is 55.3 Å². The van der Waals surface area contributed by atoms with Gasteiger partial charge < -0.3 is 24.1 Å². The molecule has 2 heterocycles. The number of nitrogens with one attached hydrogen (secondary N) is 1. The van der Waals surface area contributed by atoms with E-state index in [4.69, 9.17) is 13.9 Å². The molecule has 1 fully saturated rings. The summed E-state index contributed by atoms with van der Waals surface area (Å²) in [5.74, 6) is 0.588. The van der Waals surface area contributed by atoms with Crippen LogP contribution in [0, 0.1) is 0 Å². The summed E-state index contributed by atoms with van der Waals surface area (Å²) in [6.07, 6.45) is 0.0612. The van der Waals surface area contributed by atoms with E-state index in [2.05, 4.69) is 36.3 Å². The van der Waals surface area contributed by atoms with Gasteiger partial charge >= 0.3 is 6.01 Å². The van der Waals surface area contributed by atoms with Crippen molar-refractivity contribution in [2.24, 2.45) is 0 Å². The predicted molar refractivity (Wildman–Crippen MR) is 74.7 cm³/mol. The van der Waals surface area contributed by atoms with Gasteiger partial charge in [0.05, 0.1) is 19.6 Å². The van der Waals surface area contributed by atoms with Gasteiger partial charge in [-0.15, -0.1) is 5.10 Å². The van der Waals surface area contributed by atoms with E-state index in [0.717, 1.165) is 0 Å². The lowest BCUT2D eigenvalue weighted by Crippen LogP contribution is -2.35. The van der Waals surface area contributed by atoms with Crippen LogP contribution in [0.2, 0.25) is 0 Å². The zero-order valence-electron chi connectivity index (χ0n) is 12.8. The van der Waals surface area contributed by atoms with Crippen LogP contribution < -0.4 is 10.2 Å². The highest BCUT2D eigenvalue weighted by Crippen LogP contribution is 2.22. The molecule has 0 aliphatic carbocycles. The van der Waals surface area contributed by atoms with E-state index < -0.39 is 0 Å². The van der Waals surface area contributed by atoms with E-state index >= 15 is 0 Å². The van der Waals surface area contributed by atoms with Crippen molar-refractivity contribution in [1.82, 2.24) is 15.5 Å². The highest BCUT2D eigenvalue weighted by molar-refractivity contribution is 5.28. The molecule has 0 radical (unpaired) electrons. The number of aromatic nitrogens is 2. The average molecular weight is 284 g/mol. The Morgan fingerprint density at radius 3 is 2.30 bits per heavy atom. The zero-order chi connectivity index (χ0) is 14.8. The molecule has 7 nitrogen and oxygen atoms in total. The monoisotopic (exact) mass is 284 g/mol. The standard InChI is InChI=1S/C13H24N4O3/c1-13(2,3)14-6-11-15-16-12(20-11)17-7-9(18-4)10(8-17)19-5/h9-10,14H,6-8H2,1-5H3. The number of rotatable bonds is 5. The molecule has 0 aromatic carbocycles. The van der Waals surface area contributed by atoms with Gasteiger partial charge in [0.25, 0.3) is 0 Å². The maximum absolute atomic E-state index is 5.68. The third kappa shape index (κ3) is 3.68. The van der Waals surface area contributed by atoms with Gasteiger partial charge in [-0.3, -0.25) is 0 Å². The molecule has 0 spiro atoms. The fourth-order valence-corrected chi connectivity index (χ4v) is 2.14. The lowest BCUT2D eigenvalue weighted by Gasteiger charge is -2.18. The molecule has 2 rings (SSSR count). The molecule has 0 amide bonds. The Morgan fingerprint density at radius 2 is 1.80 bits per heavy atom. The fourth-order valence-electron chi connectivity index (χ4n) is 2.14. The summed E-state index contributed by atoms with van der Waals surface area (Å²) in [6, 6.07) is 0.525. The zero-order valence-corrected chi connectivity index (χ0v) is 12.8. The van der Waals surface area contributed by atoms with E-state index in [1.165, 1.54) is 0 Å². The number of hydrogen-bond donors (Lipinski definition) is 1. The van der Waals surface area contributed by atoms with Gasteiger partial charge in [0, 0.05) is 19.8 Å². The Hall–Kier alpha value is -1.18. The third-order valence-corrected chi connectivity index (χ3v) is 3.32. The molecule has 1 N–H and O–H groups in total. The first-order chi connectivity index (χ1) is 9.43. The molecule has 1 aliphatic rings. The Balaban J connectivity index is 1.96. The largest absolute Gasteiger partial charge is 0.407 e. The van der Waals surface area contributed by atoms with Crippen molar-refractivity contribution in [3.05, 3.63) is 5.89 Å². The smallest absolute Gasteiger partial charge is 0.318 e. The van der Waals surface area contributed by atoms with Crippen LogP contribution in [0.25, 0.3) is 0 Å². The van der Waals surface area contributed by atoms with Gasteiger partial charge in [-0.2, -0.15) is 0 Å². The number of nitrogens with zero attached hydrogens (tertiary/aromatic N) is 3. The van der Waals surface area contributed by atoms with E-state index in [1.54, 1.807) is 14.2 Å². The van der Waals surface area contributed by atoms with E-state index in [9.17, 15) is 0 Å². The summed E-state index contributed by atoms with van der Waals surface area (Å²) in [6.45, 7) is 8.24. The average Bonchev–Trinajstić information content (AvgIpc) is 3.01. The molecule has 0 bridgehead atoms. The van der Waals surface area contributed by atoms with E-state index in [1.807, 2.05) is 4.90 Å². The molecule has 20 heavy (non-hydrogen) atoms. The SMILES string of the molecule is COC1CN(c2nnc(CNC(C)(C)C)o2)CC1OC. The van der Waals surface area contributed by atoms with Crippen LogP contribution in [0.5, 0.6) is 0 Å². The van der Waals surface area contributed by atoms with Crippen molar-refractivity contribution < 1.29 is 13.9 Å². The second-order valence-electron chi connectivity index (χ2n) is 6.04. The quantitative estimate of drug-likeness (QED) is 0.857. The molecule has 114 valence electrons. The van der Waals surface area contributed by atoms with Gasteiger partial charge in [-0.1, -0.05) is 5.10 Å². The summed E-state index contributed by atoms with van der Waals surface area (Å²) in [4.78, 5) is 2.00. The molecule has 7 heteroatoms. The minimum atomic E-state index is 0.0184. The minimum Gasteiger partial charge on any atom is -0.407 e. The summed E-state index contributed by atoms with van der Waals surface area (Å²) in [5, 5.41) is 11.5. The lowest BCUT2D eigenvalue weighted by molar-refractivity contribution is -0.00461. The van der Waals surface area contributed by atoms with Gasteiger partial charge in [-0.05, 0) is 20.8 Å². The van der Waals surface area contributed by atoms with Crippen molar-refractivity contribution in [2.45, 2.75) is 45.1 Å². The highest BCUT2D eigenvalue weighted by Gasteiger charge is 2.35. The minimum absolute atomic E-state index is 0.0184. The van der Waals surface area contributed by atoms with E-state index in [0.29, 0.717) is 31.5 Å². The first-order valence-corrected chi connectivity index (χ1v) is 6.81. The van der Waals surface area contributed by atoms with Crippen LogP contribution in [0.3, 0.4) is 0 Å². The Morgan fingerprint density at radius 1 is 1.20 bits per heavy atom. The molecule has 1 aromatic heterocycles. The van der Waals surface area contributed by atoms with Crippen molar-refractivity contribution >= 4 is 6.01 Å². The maximum atomic E-state index is 5.68. The van der Waals surface area contributed by atoms with Crippen LogP contribution in [-0.2, 0) is 16.0 Å². The Kier molecular flexibility index (Phi) is 4.62. The van der Waals surface area contributed by atoms with Crippen molar-refractivity contribution in [1.29, 1.82) is 0 Å². The molecular weight excluding hydrogens is 260 g/mol. The first-order valence-electron chi connectivity index (χ1n) is 6.81. The van der Waals surface area contributed by atoms with Crippen LogP contribution in [0.15, 0.2) is 4.42 Å². The summed E-state index contributed by atoms with van der Waals surface area (Å²) >= 11 is 0. The van der Waals surface area contributed by atoms with Crippen molar-refractivity contribution in [3.63, 3.8) is 0 Å². The molecule has 2 unspecified atom stereocenters. The van der Waals surface area contributed by atoms with E-state index in [-0.39, 0.29) is 17.7 Å². The maximum Gasteiger partial charge on any atom is 0.318 e. The van der Waals surface area contributed by atoms with Gasteiger partial charge in [0.2, 0.25) is 5.89 Å². The molecule has 2 atom stereocenters. The second kappa shape index (κ2) is 6.07. The topological polar surface area (TPSA) is 72.7 Å². The second-order valence-corrected chi connectivity index (χ2v) is 6.04. The third-order valence-electron chi connectivity index (χ3n) is 3.32. The van der Waals surface area contributed by atoms with Gasteiger partial charge in [-0.25, -0.2) is 0 Å². The first kappa shape index (κ1) is 15.2. The fraction of sp³-hybridized carbons (Fsp3) is 0.846. The number of ether oxygens (including phenoxy) is 2. The highest BCUT2D eigenvalue weighted by atomic mass is 16.5. The van der Waals surface area contributed by atoms with Crippen LogP contribution in [0.4, 0.5) is 6.01 Å². The Bertz CT molecular complexity index is 417. The van der Waals surface area contributed by atoms with Gasteiger partial charge in [0.15, 0.2) is 0 Å². The van der Waals surface area contributed by atoms with Crippen molar-refractivity contribution in [3.8, 4) is 0 Å². The molecule has 1 saturated heterocycles. The summed E-state index contributed by atoms with van der Waals surface area (Å²) in [7, 11) is 3.37. The van der Waals surface area contributed by atoms with Crippen LogP contribution >= 0.6 is 0 Å². The molecule has 1 aliphatic heterocycles. The molecular formula is C13H24N4O3. The predicted octanol–water partition coefficient (Wildman–Crippen LogP) is 0.808. The number of hydrogen-bond acceptors (Lipinski definition) is 7. The Labute approximate surface area is 119 Å². The summed E-state index contributed by atoms with van der Waals surface area (Å²) in [5.41, 5.74) is 0.0184. The number of methoxy groups -OCH3 is 2. The van der Waals surface area contributed by atoms with Crippen LogP contribution in [0.1, 0.15) is 26.7 Å². The molecule has 0 saturated carbocycles. The van der Waals surface area contributed by atoms with Crippen molar-refractivity contribution in [2.75, 3.05) is 32.2 Å². The van der Waals surface area contributed by atoms with Gasteiger partial charge in [0.1, 0.15) is 12.2 Å². The number of anilines is 1. The normalized spacial score (nSPS) is 23.6. The lowest BCUT2D eigenvalue weighted by atomic mass is 10.1. The molecule has 1 aromatic rings. The summed E-state index contributed by atoms with van der Waals surface area (Å²) < 4.78 is 16.5.